The van der Waals surface area contributed by atoms with Crippen LogP contribution < -0.4 is 5.43 Å². The number of rotatable bonds is 4. The van der Waals surface area contributed by atoms with Crippen LogP contribution in [0.5, 0.6) is 0 Å². The molecule has 2 aromatic carbocycles. The van der Waals surface area contributed by atoms with Gasteiger partial charge in [0.2, 0.25) is 0 Å². The van der Waals surface area contributed by atoms with E-state index in [9.17, 15) is 9.90 Å². The van der Waals surface area contributed by atoms with Crippen molar-refractivity contribution in [3.8, 4) is 11.3 Å². The number of amides is 1. The summed E-state index contributed by atoms with van der Waals surface area (Å²) in [5, 5.41) is 13.8. The summed E-state index contributed by atoms with van der Waals surface area (Å²) in [5.74, 6) is -0.468. The van der Waals surface area contributed by atoms with Crippen LogP contribution in [0.25, 0.3) is 22.2 Å². The van der Waals surface area contributed by atoms with E-state index < -0.39 is 11.5 Å². The van der Waals surface area contributed by atoms with Crippen LogP contribution in [0.1, 0.15) is 12.5 Å². The second kappa shape index (κ2) is 7.67. The van der Waals surface area contributed by atoms with Crippen LogP contribution in [-0.4, -0.2) is 47.3 Å². The van der Waals surface area contributed by atoms with E-state index in [-0.39, 0.29) is 0 Å². The monoisotopic (exact) mass is 377 g/mol. The molecule has 0 spiro atoms. The number of ether oxygens (including phenoxy) is 1. The molecule has 1 aliphatic rings. The van der Waals surface area contributed by atoms with Crippen molar-refractivity contribution in [3.05, 3.63) is 66.2 Å². The van der Waals surface area contributed by atoms with E-state index in [1.807, 2.05) is 54.6 Å². The summed E-state index contributed by atoms with van der Waals surface area (Å²) in [7, 11) is 0. The highest BCUT2D eigenvalue weighted by molar-refractivity contribution is 5.94. The summed E-state index contributed by atoms with van der Waals surface area (Å²) in [5.41, 5.74) is 4.02. The molecule has 1 aliphatic heterocycles. The molecule has 0 saturated carbocycles. The van der Waals surface area contributed by atoms with Crippen molar-refractivity contribution in [1.82, 2.24) is 15.4 Å². The number of carbonyl (C=O) groups excluding carboxylic acids is 1. The number of benzene rings is 2. The number of aliphatic hydroxyl groups is 1. The molecule has 1 fully saturated rings. The van der Waals surface area contributed by atoms with Crippen LogP contribution in [0.2, 0.25) is 0 Å². The van der Waals surface area contributed by atoms with Gasteiger partial charge >= 0.3 is 0 Å². The van der Waals surface area contributed by atoms with Crippen LogP contribution >= 0.6 is 0 Å². The molecular weight excluding hydrogens is 354 g/mol. The molecule has 3 aromatic rings. The zero-order valence-electron chi connectivity index (χ0n) is 15.8. The van der Waals surface area contributed by atoms with Crippen molar-refractivity contribution in [2.75, 3.05) is 26.3 Å². The van der Waals surface area contributed by atoms with E-state index in [0.29, 0.717) is 37.6 Å². The summed E-state index contributed by atoms with van der Waals surface area (Å²) in [4.78, 5) is 17.7. The molecule has 0 radical (unpaired) electrons. The number of fused-ring (bicyclic) bond motifs is 1. The highest BCUT2D eigenvalue weighted by Gasteiger charge is 2.36. The highest BCUT2D eigenvalue weighted by Crippen LogP contribution is 2.32. The maximum Gasteiger partial charge on any atom is 0.270 e. The molecule has 1 amide bonds. The third-order valence-corrected chi connectivity index (χ3v) is 5.02. The molecule has 2 heterocycles. The van der Waals surface area contributed by atoms with E-state index in [1.54, 1.807) is 11.1 Å². The topological polar surface area (TPSA) is 74.7 Å². The van der Waals surface area contributed by atoms with E-state index in [1.165, 1.54) is 6.92 Å². The van der Waals surface area contributed by atoms with Gasteiger partial charge in [0.15, 0.2) is 5.60 Å². The molecule has 4 rings (SSSR count). The Labute approximate surface area is 163 Å². The van der Waals surface area contributed by atoms with E-state index in [0.717, 1.165) is 16.5 Å². The number of hydrogen-bond acceptors (Lipinski definition) is 5. The van der Waals surface area contributed by atoms with Crippen LogP contribution in [0.4, 0.5) is 0 Å². The fraction of sp³-hybridized carbons (Fsp3) is 0.273. The largest absolute Gasteiger partial charge is 0.379 e. The predicted octanol–water partition coefficient (Wildman–Crippen LogP) is 2.47. The van der Waals surface area contributed by atoms with Gasteiger partial charge in [-0.25, -0.2) is 9.99 Å². The first kappa shape index (κ1) is 18.6. The summed E-state index contributed by atoms with van der Waals surface area (Å²) >= 11 is 0. The molecule has 6 nitrogen and oxygen atoms in total. The second-order valence-corrected chi connectivity index (χ2v) is 7.05. The van der Waals surface area contributed by atoms with Gasteiger partial charge < -0.3 is 9.84 Å². The standard InChI is InChI=1S/C22H23N3O3/c1-22(27,21(26)24-25-11-13-28-14-12-25)18-15-20(16-7-3-2-4-8-16)23-19-10-6-5-9-17(18)19/h2-10,15,27H,11-14H2,1H3,(H,24,26). The summed E-state index contributed by atoms with van der Waals surface area (Å²) in [6, 6.07) is 19.1. The Bertz CT molecular complexity index is 983. The fourth-order valence-electron chi connectivity index (χ4n) is 3.38. The number of morpholine rings is 1. The molecule has 1 atom stereocenters. The van der Waals surface area contributed by atoms with Crippen molar-refractivity contribution < 1.29 is 14.6 Å². The van der Waals surface area contributed by atoms with Crippen LogP contribution in [0, 0.1) is 0 Å². The Morgan fingerprint density at radius 1 is 1.11 bits per heavy atom. The minimum absolute atomic E-state index is 0.468. The molecule has 1 aromatic heterocycles. The number of pyridine rings is 1. The highest BCUT2D eigenvalue weighted by atomic mass is 16.5. The van der Waals surface area contributed by atoms with Gasteiger partial charge in [-0.1, -0.05) is 48.5 Å². The zero-order valence-corrected chi connectivity index (χ0v) is 15.8. The first-order chi connectivity index (χ1) is 13.6. The number of hydrogen-bond donors (Lipinski definition) is 2. The number of nitrogens with one attached hydrogen (secondary N) is 1. The summed E-state index contributed by atoms with van der Waals surface area (Å²) in [6.07, 6.45) is 0. The van der Waals surface area contributed by atoms with Crippen molar-refractivity contribution in [3.63, 3.8) is 0 Å². The number of aromatic nitrogens is 1. The molecule has 144 valence electrons. The first-order valence-corrected chi connectivity index (χ1v) is 9.37. The first-order valence-electron chi connectivity index (χ1n) is 9.37. The van der Waals surface area contributed by atoms with Crippen molar-refractivity contribution in [2.24, 2.45) is 0 Å². The van der Waals surface area contributed by atoms with E-state index in [4.69, 9.17) is 9.72 Å². The lowest BCUT2D eigenvalue weighted by molar-refractivity contribution is -0.146. The van der Waals surface area contributed by atoms with E-state index >= 15 is 0 Å². The predicted molar refractivity (Wildman–Crippen MR) is 107 cm³/mol. The maximum absolute atomic E-state index is 13.0. The molecule has 1 saturated heterocycles. The Hall–Kier alpha value is -2.80. The Balaban J connectivity index is 1.76. The molecule has 28 heavy (non-hydrogen) atoms. The van der Waals surface area contributed by atoms with Crippen molar-refractivity contribution >= 4 is 16.8 Å². The lowest BCUT2D eigenvalue weighted by Gasteiger charge is -2.31. The lowest BCUT2D eigenvalue weighted by atomic mass is 9.90. The number of hydrazine groups is 1. The fourth-order valence-corrected chi connectivity index (χ4v) is 3.38. The molecule has 0 bridgehead atoms. The van der Waals surface area contributed by atoms with Gasteiger partial charge in [0.1, 0.15) is 0 Å². The lowest BCUT2D eigenvalue weighted by Crippen LogP contribution is -2.54. The molecule has 2 N–H and O–H groups in total. The van der Waals surface area contributed by atoms with Gasteiger partial charge in [-0.05, 0) is 19.1 Å². The molecule has 0 aliphatic carbocycles. The third kappa shape index (κ3) is 3.62. The normalized spacial score (nSPS) is 17.2. The maximum atomic E-state index is 13.0. The number of carbonyl (C=O) groups is 1. The van der Waals surface area contributed by atoms with E-state index in [2.05, 4.69) is 5.43 Å². The summed E-state index contributed by atoms with van der Waals surface area (Å²) < 4.78 is 5.31. The SMILES string of the molecule is CC(O)(C(=O)NN1CCOCC1)c1cc(-c2ccccc2)nc2ccccc12. The third-order valence-electron chi connectivity index (χ3n) is 5.02. The van der Waals surface area contributed by atoms with Gasteiger partial charge in [0.05, 0.1) is 24.4 Å². The average molecular weight is 377 g/mol. The van der Waals surface area contributed by atoms with Gasteiger partial charge in [-0.15, -0.1) is 0 Å². The van der Waals surface area contributed by atoms with Crippen molar-refractivity contribution in [2.45, 2.75) is 12.5 Å². The minimum Gasteiger partial charge on any atom is -0.379 e. The molecular formula is C22H23N3O3. The number of para-hydroxylation sites is 1. The Morgan fingerprint density at radius 2 is 1.79 bits per heavy atom. The minimum atomic E-state index is -1.72. The smallest absolute Gasteiger partial charge is 0.270 e. The summed E-state index contributed by atoms with van der Waals surface area (Å²) in [6.45, 7) is 3.82. The quantitative estimate of drug-likeness (QED) is 0.731. The Morgan fingerprint density at radius 3 is 2.54 bits per heavy atom. The van der Waals surface area contributed by atoms with Crippen molar-refractivity contribution in [1.29, 1.82) is 0 Å². The zero-order chi connectivity index (χ0) is 19.6. The van der Waals surface area contributed by atoms with Gasteiger partial charge in [0, 0.05) is 29.6 Å². The molecule has 1 unspecified atom stereocenters. The van der Waals surface area contributed by atoms with Crippen LogP contribution in [-0.2, 0) is 15.1 Å². The number of nitrogens with zero attached hydrogens (tertiary/aromatic N) is 2. The van der Waals surface area contributed by atoms with Gasteiger partial charge in [-0.2, -0.15) is 0 Å². The second-order valence-electron chi connectivity index (χ2n) is 7.05. The van der Waals surface area contributed by atoms with Gasteiger partial charge in [-0.3, -0.25) is 10.2 Å². The van der Waals surface area contributed by atoms with Crippen LogP contribution in [0.3, 0.4) is 0 Å². The van der Waals surface area contributed by atoms with Crippen LogP contribution in [0.15, 0.2) is 60.7 Å². The Kier molecular flexibility index (Phi) is 5.09. The van der Waals surface area contributed by atoms with Gasteiger partial charge in [0.25, 0.3) is 5.91 Å². The molecule has 6 heteroatoms. The average Bonchev–Trinajstić information content (AvgIpc) is 2.74.